The topological polar surface area (TPSA) is 33.0 Å². The molecule has 0 atom stereocenters. The Bertz CT molecular complexity index is 146. The third kappa shape index (κ3) is 9.19. The maximum absolute atomic E-state index is 8.19. The number of hydrogen-bond donors (Lipinski definition) is 0. The first-order chi connectivity index (χ1) is 5.27. The van der Waals surface area contributed by atoms with Gasteiger partial charge < -0.3 is 4.74 Å². The zero-order valence-electron chi connectivity index (χ0n) is 7.10. The highest BCUT2D eigenvalue weighted by Gasteiger charge is 1.88. The van der Waals surface area contributed by atoms with Gasteiger partial charge in [0.15, 0.2) is 0 Å². The molecule has 0 saturated carbocycles. The van der Waals surface area contributed by atoms with Gasteiger partial charge >= 0.3 is 0 Å². The van der Waals surface area contributed by atoms with Crippen LogP contribution in [-0.4, -0.2) is 13.2 Å². The van der Waals surface area contributed by atoms with Gasteiger partial charge in [0.05, 0.1) is 12.7 Å². The molecule has 11 heavy (non-hydrogen) atoms. The van der Waals surface area contributed by atoms with Gasteiger partial charge in [-0.25, -0.2) is 0 Å². The SMILES string of the molecule is C=C(C)CCOCCCC#N. The van der Waals surface area contributed by atoms with Gasteiger partial charge in [-0.05, 0) is 19.8 Å². The molecule has 0 spiro atoms. The van der Waals surface area contributed by atoms with Crippen LogP contribution in [0.2, 0.25) is 0 Å². The Morgan fingerprint density at radius 3 is 2.82 bits per heavy atom. The molecule has 0 aromatic rings. The summed E-state index contributed by atoms with van der Waals surface area (Å²) < 4.78 is 5.23. The maximum atomic E-state index is 8.19. The molecular weight excluding hydrogens is 138 g/mol. The highest BCUT2D eigenvalue weighted by Crippen LogP contribution is 1.96. The van der Waals surface area contributed by atoms with E-state index in [0.717, 1.165) is 25.0 Å². The fraction of sp³-hybridized carbons (Fsp3) is 0.667. The van der Waals surface area contributed by atoms with Gasteiger partial charge in [-0.15, -0.1) is 6.58 Å². The van der Waals surface area contributed by atoms with Gasteiger partial charge in [-0.2, -0.15) is 5.26 Å². The lowest BCUT2D eigenvalue weighted by Crippen LogP contribution is -1.96. The number of ether oxygens (including phenoxy) is 1. The molecule has 2 nitrogen and oxygen atoms in total. The Morgan fingerprint density at radius 2 is 2.27 bits per heavy atom. The molecule has 0 aliphatic rings. The second-order valence-corrected chi connectivity index (χ2v) is 2.58. The lowest BCUT2D eigenvalue weighted by Gasteiger charge is -2.00. The summed E-state index contributed by atoms with van der Waals surface area (Å²) in [5.41, 5.74) is 1.14. The molecule has 0 unspecified atom stereocenters. The summed E-state index contributed by atoms with van der Waals surface area (Å²) in [6.07, 6.45) is 2.35. The van der Waals surface area contributed by atoms with E-state index in [-0.39, 0.29) is 0 Å². The van der Waals surface area contributed by atoms with Crippen LogP contribution in [0.3, 0.4) is 0 Å². The summed E-state index contributed by atoms with van der Waals surface area (Å²) in [6.45, 7) is 7.17. The first-order valence-electron chi connectivity index (χ1n) is 3.86. The van der Waals surface area contributed by atoms with Crippen LogP contribution in [0.25, 0.3) is 0 Å². The molecule has 0 N–H and O–H groups in total. The van der Waals surface area contributed by atoms with Crippen LogP contribution in [0.5, 0.6) is 0 Å². The van der Waals surface area contributed by atoms with Crippen LogP contribution in [-0.2, 0) is 4.74 Å². The minimum atomic E-state index is 0.590. The van der Waals surface area contributed by atoms with E-state index in [1.54, 1.807) is 0 Å². The standard InChI is InChI=1S/C9H15NO/c1-9(2)5-8-11-7-4-3-6-10/h1,3-5,7-8H2,2H3. The second-order valence-electron chi connectivity index (χ2n) is 2.58. The smallest absolute Gasteiger partial charge is 0.0622 e. The summed E-state index contributed by atoms with van der Waals surface area (Å²) >= 11 is 0. The van der Waals surface area contributed by atoms with Crippen molar-refractivity contribution in [3.8, 4) is 6.07 Å². The Kier molecular flexibility index (Phi) is 6.76. The van der Waals surface area contributed by atoms with E-state index in [2.05, 4.69) is 12.6 Å². The second kappa shape index (κ2) is 7.30. The zero-order valence-corrected chi connectivity index (χ0v) is 7.10. The Morgan fingerprint density at radius 1 is 1.55 bits per heavy atom. The van der Waals surface area contributed by atoms with E-state index < -0.39 is 0 Å². The molecule has 0 saturated heterocycles. The van der Waals surface area contributed by atoms with Crippen molar-refractivity contribution in [1.82, 2.24) is 0 Å². The Balaban J connectivity index is 2.92. The minimum Gasteiger partial charge on any atom is -0.381 e. The van der Waals surface area contributed by atoms with Gasteiger partial charge in [0.25, 0.3) is 0 Å². The monoisotopic (exact) mass is 153 g/mol. The molecule has 0 rings (SSSR count). The summed E-state index contributed by atoms with van der Waals surface area (Å²) in [6, 6.07) is 2.07. The van der Waals surface area contributed by atoms with Gasteiger partial charge in [0.1, 0.15) is 0 Å². The fourth-order valence-corrected chi connectivity index (χ4v) is 0.602. The van der Waals surface area contributed by atoms with Gasteiger partial charge in [-0.3, -0.25) is 0 Å². The first-order valence-corrected chi connectivity index (χ1v) is 3.86. The molecule has 0 amide bonds. The van der Waals surface area contributed by atoms with E-state index in [4.69, 9.17) is 10.00 Å². The summed E-state index contributed by atoms with van der Waals surface area (Å²) in [5.74, 6) is 0. The highest BCUT2D eigenvalue weighted by molar-refractivity contribution is 4.87. The van der Waals surface area contributed by atoms with Crippen LogP contribution in [0.1, 0.15) is 26.2 Å². The highest BCUT2D eigenvalue weighted by atomic mass is 16.5. The van der Waals surface area contributed by atoms with Gasteiger partial charge in [-0.1, -0.05) is 5.57 Å². The molecule has 0 aromatic carbocycles. The van der Waals surface area contributed by atoms with E-state index >= 15 is 0 Å². The Hall–Kier alpha value is -0.810. The predicted octanol–water partition coefficient (Wildman–Crippen LogP) is 2.27. The number of nitrogens with zero attached hydrogens (tertiary/aromatic N) is 1. The number of unbranched alkanes of at least 4 members (excludes halogenated alkanes) is 1. The van der Waals surface area contributed by atoms with Crippen LogP contribution < -0.4 is 0 Å². The number of rotatable bonds is 6. The molecule has 2 heteroatoms. The van der Waals surface area contributed by atoms with Crippen molar-refractivity contribution in [2.75, 3.05) is 13.2 Å². The average Bonchev–Trinajstić information content (AvgIpc) is 1.96. The number of nitriles is 1. The Labute approximate surface area is 68.5 Å². The molecule has 0 fully saturated rings. The lowest BCUT2D eigenvalue weighted by molar-refractivity contribution is 0.135. The van der Waals surface area contributed by atoms with Gasteiger partial charge in [0.2, 0.25) is 0 Å². The van der Waals surface area contributed by atoms with Gasteiger partial charge in [0, 0.05) is 13.0 Å². The lowest BCUT2D eigenvalue weighted by atomic mass is 10.3. The van der Waals surface area contributed by atoms with Crippen molar-refractivity contribution >= 4 is 0 Å². The molecule has 0 aromatic heterocycles. The van der Waals surface area contributed by atoms with Crippen molar-refractivity contribution < 1.29 is 4.74 Å². The first kappa shape index (κ1) is 10.2. The molecule has 0 aliphatic carbocycles. The predicted molar refractivity (Wildman–Crippen MR) is 45.1 cm³/mol. The molecule has 0 heterocycles. The van der Waals surface area contributed by atoms with Crippen LogP contribution >= 0.6 is 0 Å². The fourth-order valence-electron chi connectivity index (χ4n) is 0.602. The van der Waals surface area contributed by atoms with Crippen LogP contribution in [0.15, 0.2) is 12.2 Å². The van der Waals surface area contributed by atoms with Crippen LogP contribution in [0, 0.1) is 11.3 Å². The summed E-state index contributed by atoms with van der Waals surface area (Å²) in [7, 11) is 0. The minimum absolute atomic E-state index is 0.590. The normalized spacial score (nSPS) is 9.09. The average molecular weight is 153 g/mol. The number of hydrogen-bond acceptors (Lipinski definition) is 2. The quantitative estimate of drug-likeness (QED) is 0.433. The molecular formula is C9H15NO. The van der Waals surface area contributed by atoms with Crippen LogP contribution in [0.4, 0.5) is 0 Å². The third-order valence-electron chi connectivity index (χ3n) is 1.25. The van der Waals surface area contributed by atoms with Crippen molar-refractivity contribution in [2.45, 2.75) is 26.2 Å². The van der Waals surface area contributed by atoms with E-state index in [1.807, 2.05) is 6.92 Å². The molecule has 0 bridgehead atoms. The maximum Gasteiger partial charge on any atom is 0.0622 e. The third-order valence-corrected chi connectivity index (χ3v) is 1.25. The van der Waals surface area contributed by atoms with Crippen molar-refractivity contribution in [3.05, 3.63) is 12.2 Å². The summed E-state index contributed by atoms with van der Waals surface area (Å²) in [4.78, 5) is 0. The molecule has 0 radical (unpaired) electrons. The van der Waals surface area contributed by atoms with Crippen molar-refractivity contribution in [3.63, 3.8) is 0 Å². The van der Waals surface area contributed by atoms with Crippen molar-refractivity contribution in [1.29, 1.82) is 5.26 Å². The zero-order chi connectivity index (χ0) is 8.53. The van der Waals surface area contributed by atoms with E-state index in [1.165, 1.54) is 0 Å². The molecule has 62 valence electrons. The van der Waals surface area contributed by atoms with E-state index in [0.29, 0.717) is 13.0 Å². The largest absolute Gasteiger partial charge is 0.381 e. The molecule has 0 aliphatic heterocycles. The van der Waals surface area contributed by atoms with E-state index in [9.17, 15) is 0 Å². The summed E-state index contributed by atoms with van der Waals surface area (Å²) in [5, 5.41) is 8.19. The van der Waals surface area contributed by atoms with Crippen molar-refractivity contribution in [2.24, 2.45) is 0 Å².